The van der Waals surface area contributed by atoms with Gasteiger partial charge >= 0.3 is 0 Å². The van der Waals surface area contributed by atoms with Crippen LogP contribution in [0, 0.1) is 0 Å². The van der Waals surface area contributed by atoms with E-state index in [9.17, 15) is 9.90 Å². The number of nitrogens with zero attached hydrogens (tertiary/aromatic N) is 2. The second-order valence-corrected chi connectivity index (χ2v) is 9.43. The summed E-state index contributed by atoms with van der Waals surface area (Å²) in [5.41, 5.74) is 5.96. The maximum absolute atomic E-state index is 13.6. The molecule has 0 radical (unpaired) electrons. The Morgan fingerprint density at radius 2 is 1.46 bits per heavy atom. The minimum Gasteiger partial charge on any atom is -0.507 e. The Bertz CT molecular complexity index is 1820. The summed E-state index contributed by atoms with van der Waals surface area (Å²) in [7, 11) is 0. The molecule has 0 aliphatic carbocycles. The van der Waals surface area contributed by atoms with E-state index in [1.165, 1.54) is 4.68 Å². The van der Waals surface area contributed by atoms with E-state index in [0.717, 1.165) is 39.0 Å². The summed E-state index contributed by atoms with van der Waals surface area (Å²) in [6, 6.07) is 28.9. The lowest BCUT2D eigenvalue weighted by molar-refractivity contribution is 0.474. The highest BCUT2D eigenvalue weighted by atomic mass is 16.3. The minimum absolute atomic E-state index is 0.114. The number of phenolic OH excluding ortho intramolecular Hbond substituents is 1. The van der Waals surface area contributed by atoms with Gasteiger partial charge in [-0.15, -0.1) is 0 Å². The lowest BCUT2D eigenvalue weighted by Crippen LogP contribution is -2.35. The second-order valence-electron chi connectivity index (χ2n) is 9.43. The number of hydrogen-bond acceptors (Lipinski definition) is 3. The van der Waals surface area contributed by atoms with Crippen molar-refractivity contribution in [3.63, 3.8) is 0 Å². The summed E-state index contributed by atoms with van der Waals surface area (Å²) >= 11 is 0. The minimum atomic E-state index is -0.187. The molecule has 5 rings (SSSR count). The van der Waals surface area contributed by atoms with E-state index < -0.39 is 0 Å². The van der Waals surface area contributed by atoms with Crippen molar-refractivity contribution < 1.29 is 5.11 Å². The van der Waals surface area contributed by atoms with Gasteiger partial charge in [-0.05, 0) is 79.1 Å². The number of benzene rings is 3. The molecule has 0 aliphatic rings. The number of phenols is 1. The number of aromatic amines is 1. The van der Waals surface area contributed by atoms with Crippen LogP contribution in [0.2, 0.25) is 0 Å². The maximum atomic E-state index is 13.6. The molecule has 0 spiro atoms. The first-order valence-corrected chi connectivity index (χ1v) is 12.7. The van der Waals surface area contributed by atoms with Crippen molar-refractivity contribution in [2.24, 2.45) is 0 Å². The van der Waals surface area contributed by atoms with Crippen LogP contribution >= 0.6 is 0 Å². The molecule has 2 N–H and O–H groups in total. The zero-order valence-corrected chi connectivity index (χ0v) is 21.9. The number of rotatable bonds is 6. The van der Waals surface area contributed by atoms with Gasteiger partial charge in [0.05, 0.1) is 21.9 Å². The molecule has 0 unspecified atom stereocenters. The summed E-state index contributed by atoms with van der Waals surface area (Å²) in [6.07, 6.45) is 11.5. The summed E-state index contributed by atoms with van der Waals surface area (Å²) < 4.78 is 1.54. The molecule has 5 heteroatoms. The first-order valence-electron chi connectivity index (χ1n) is 12.7. The molecular formula is C34H29N3O2. The summed E-state index contributed by atoms with van der Waals surface area (Å²) in [4.78, 5) is 17.9. The monoisotopic (exact) mass is 511 g/mol. The van der Waals surface area contributed by atoms with Crippen molar-refractivity contribution in [2.75, 3.05) is 0 Å². The van der Waals surface area contributed by atoms with E-state index in [1.807, 2.05) is 123 Å². The van der Waals surface area contributed by atoms with Crippen LogP contribution in [0.5, 0.6) is 5.75 Å². The van der Waals surface area contributed by atoms with Crippen LogP contribution in [0.15, 0.2) is 102 Å². The molecule has 5 aromatic rings. The van der Waals surface area contributed by atoms with Crippen molar-refractivity contribution >= 4 is 36.0 Å². The molecule has 0 bridgehead atoms. The Morgan fingerprint density at radius 1 is 0.795 bits per heavy atom. The zero-order valence-electron chi connectivity index (χ0n) is 21.9. The van der Waals surface area contributed by atoms with Gasteiger partial charge in [0.15, 0.2) is 0 Å². The van der Waals surface area contributed by atoms with Crippen molar-refractivity contribution in [1.29, 1.82) is 0 Å². The number of pyridine rings is 1. The van der Waals surface area contributed by atoms with Crippen LogP contribution in [-0.2, 0) is 0 Å². The predicted molar refractivity (Wildman–Crippen MR) is 161 cm³/mol. The molecule has 0 aliphatic heterocycles. The summed E-state index contributed by atoms with van der Waals surface area (Å²) in [6.45, 7) is 3.91. The summed E-state index contributed by atoms with van der Waals surface area (Å²) in [5.74, 6) is 0.114. The van der Waals surface area contributed by atoms with E-state index in [0.29, 0.717) is 10.8 Å². The average Bonchev–Trinajstić information content (AvgIpc) is 3.29. The highest BCUT2D eigenvalue weighted by Crippen LogP contribution is 2.20. The normalized spacial score (nSPS) is 12.0. The fourth-order valence-corrected chi connectivity index (χ4v) is 4.24. The topological polar surface area (TPSA) is 70.9 Å². The van der Waals surface area contributed by atoms with Gasteiger partial charge in [0.1, 0.15) is 5.75 Å². The van der Waals surface area contributed by atoms with Gasteiger partial charge in [-0.2, -0.15) is 0 Å². The zero-order chi connectivity index (χ0) is 27.2. The molecule has 0 fully saturated rings. The van der Waals surface area contributed by atoms with Gasteiger partial charge in [-0.3, -0.25) is 14.9 Å². The van der Waals surface area contributed by atoms with Crippen LogP contribution in [0.3, 0.4) is 0 Å². The molecule has 3 aromatic carbocycles. The number of hydrogen-bond donors (Lipinski definition) is 2. The van der Waals surface area contributed by atoms with Crippen molar-refractivity contribution in [1.82, 2.24) is 14.8 Å². The molecule has 192 valence electrons. The average molecular weight is 512 g/mol. The van der Waals surface area contributed by atoms with Crippen LogP contribution in [0.4, 0.5) is 0 Å². The molecule has 5 nitrogen and oxygen atoms in total. The Balaban J connectivity index is 1.50. The quantitative estimate of drug-likeness (QED) is 0.291. The highest BCUT2D eigenvalue weighted by molar-refractivity contribution is 5.72. The SMILES string of the molecule is CC(C)=c1[nH]n(-c2ccc(C=Cc3ccccn3)cc2)c(=O)c1=Cc1cc(C=Cc2ccccc2)ccc1O. The standard InChI is InChI=1S/C34H29N3O2/c1-24(2)33-31(23-28-22-27(16-20-32(28)38)12-11-25-8-4-3-5-9-25)34(39)37(36-33)30-18-14-26(15-19-30)13-17-29-10-6-7-21-35-29/h3-23,36,38H,1-2H3. The molecular weight excluding hydrogens is 482 g/mol. The van der Waals surface area contributed by atoms with E-state index in [4.69, 9.17) is 0 Å². The Kier molecular flexibility index (Phi) is 7.51. The second kappa shape index (κ2) is 11.5. The first kappa shape index (κ1) is 25.5. The first-order chi connectivity index (χ1) is 19.0. The van der Waals surface area contributed by atoms with Gasteiger partial charge in [0, 0.05) is 11.8 Å². The number of aromatic nitrogens is 3. The van der Waals surface area contributed by atoms with Crippen LogP contribution < -0.4 is 16.1 Å². The van der Waals surface area contributed by atoms with Gasteiger partial charge in [0.2, 0.25) is 0 Å². The maximum Gasteiger partial charge on any atom is 0.279 e. The van der Waals surface area contributed by atoms with Gasteiger partial charge in [0.25, 0.3) is 5.56 Å². The van der Waals surface area contributed by atoms with Gasteiger partial charge < -0.3 is 5.11 Å². The Morgan fingerprint density at radius 3 is 2.18 bits per heavy atom. The van der Waals surface area contributed by atoms with Gasteiger partial charge in [-0.1, -0.05) is 78.4 Å². The van der Waals surface area contributed by atoms with Crippen molar-refractivity contribution in [3.05, 3.63) is 146 Å². The van der Waals surface area contributed by atoms with Crippen LogP contribution in [0.25, 0.3) is 41.6 Å². The number of aromatic hydroxyl groups is 1. The van der Waals surface area contributed by atoms with E-state index in [1.54, 1.807) is 18.3 Å². The largest absolute Gasteiger partial charge is 0.507 e. The lowest BCUT2D eigenvalue weighted by atomic mass is 10.1. The molecule has 0 saturated heterocycles. The smallest absolute Gasteiger partial charge is 0.279 e. The summed E-state index contributed by atoms with van der Waals surface area (Å²) in [5, 5.41) is 15.1. The Hall–Kier alpha value is -5.16. The third-order valence-electron chi connectivity index (χ3n) is 6.33. The number of nitrogens with one attached hydrogen (secondary N) is 1. The molecule has 2 heterocycles. The molecule has 0 amide bonds. The third-order valence-corrected chi connectivity index (χ3v) is 6.33. The van der Waals surface area contributed by atoms with Crippen LogP contribution in [0.1, 0.15) is 41.8 Å². The van der Waals surface area contributed by atoms with E-state index in [-0.39, 0.29) is 11.3 Å². The molecule has 39 heavy (non-hydrogen) atoms. The Labute approximate surface area is 227 Å². The fourth-order valence-electron chi connectivity index (χ4n) is 4.24. The third kappa shape index (κ3) is 6.05. The van der Waals surface area contributed by atoms with Crippen molar-refractivity contribution in [3.8, 4) is 11.4 Å². The molecule has 2 aromatic heterocycles. The lowest BCUT2D eigenvalue weighted by Gasteiger charge is -2.02. The van der Waals surface area contributed by atoms with E-state index >= 15 is 0 Å². The highest BCUT2D eigenvalue weighted by Gasteiger charge is 2.08. The predicted octanol–water partition coefficient (Wildman–Crippen LogP) is 5.63. The van der Waals surface area contributed by atoms with Crippen LogP contribution in [-0.4, -0.2) is 19.9 Å². The fraction of sp³-hybridized carbons (Fsp3) is 0.0588. The molecule has 0 atom stereocenters. The number of H-pyrrole nitrogens is 1. The van der Waals surface area contributed by atoms with Crippen molar-refractivity contribution in [2.45, 2.75) is 13.8 Å². The van der Waals surface area contributed by atoms with Gasteiger partial charge in [-0.25, -0.2) is 4.68 Å². The van der Waals surface area contributed by atoms with E-state index in [2.05, 4.69) is 10.1 Å². The molecule has 0 saturated carbocycles.